The molecule has 0 aliphatic heterocycles. The van der Waals surface area contributed by atoms with E-state index >= 15 is 0 Å². The molecule has 0 aliphatic rings. The second kappa shape index (κ2) is 11.8. The number of aliphatic carboxylic acids is 1. The summed E-state index contributed by atoms with van der Waals surface area (Å²) < 4.78 is 5.40. The molecule has 0 radical (unpaired) electrons. The van der Waals surface area contributed by atoms with E-state index in [-0.39, 0.29) is 0 Å². The van der Waals surface area contributed by atoms with Crippen molar-refractivity contribution in [2.24, 2.45) is 0 Å². The van der Waals surface area contributed by atoms with E-state index in [2.05, 4.69) is 118 Å². The molecular formula is C31H33O3P. The van der Waals surface area contributed by atoms with Crippen LogP contribution in [0, 0.1) is 20.8 Å². The molecule has 4 aromatic carbocycles. The Kier molecular flexibility index (Phi) is 8.84. The van der Waals surface area contributed by atoms with E-state index in [0.29, 0.717) is 0 Å². The van der Waals surface area contributed by atoms with E-state index in [1.54, 1.807) is 7.11 Å². The summed E-state index contributed by atoms with van der Waals surface area (Å²) >= 11 is 0. The second-order valence-electron chi connectivity index (χ2n) is 8.81. The molecule has 0 unspecified atom stereocenters. The van der Waals surface area contributed by atoms with Gasteiger partial charge in [-0.3, -0.25) is 0 Å². The minimum absolute atomic E-state index is 0.897. The monoisotopic (exact) mass is 484 g/mol. The number of carbonyl (C=O) groups excluding carboxylic acids is 1. The van der Waals surface area contributed by atoms with Crippen LogP contribution in [0.15, 0.2) is 97.1 Å². The van der Waals surface area contributed by atoms with Gasteiger partial charge in [-0.1, -0.05) is 65.2 Å². The van der Waals surface area contributed by atoms with Gasteiger partial charge in [0.25, 0.3) is 0 Å². The minimum atomic E-state index is -1.90. The Bertz CT molecular complexity index is 1110. The van der Waals surface area contributed by atoms with Crippen LogP contribution >= 0.6 is 7.26 Å². The van der Waals surface area contributed by atoms with Crippen LogP contribution in [0.1, 0.15) is 29.2 Å². The van der Waals surface area contributed by atoms with Gasteiger partial charge in [0.15, 0.2) is 0 Å². The predicted octanol–water partition coefficient (Wildman–Crippen LogP) is 4.87. The van der Waals surface area contributed by atoms with Crippen molar-refractivity contribution in [2.45, 2.75) is 33.9 Å². The Morgan fingerprint density at radius 2 is 0.971 bits per heavy atom. The van der Waals surface area contributed by atoms with Crippen molar-refractivity contribution in [1.29, 1.82) is 0 Å². The number of carboxylic acids is 1. The number of benzene rings is 4. The molecule has 0 heterocycles. The fourth-order valence-electron chi connectivity index (χ4n) is 4.12. The first-order valence-corrected chi connectivity index (χ1v) is 13.6. The number of aryl methyl sites for hydroxylation is 3. The molecule has 180 valence electrons. The normalized spacial score (nSPS) is 10.8. The highest BCUT2D eigenvalue weighted by atomic mass is 31.2. The first kappa shape index (κ1) is 26.2. The van der Waals surface area contributed by atoms with Crippen molar-refractivity contribution in [3.63, 3.8) is 0 Å². The topological polar surface area (TPSA) is 49.4 Å². The summed E-state index contributed by atoms with van der Waals surface area (Å²) in [5, 5.41) is 13.1. The van der Waals surface area contributed by atoms with E-state index < -0.39 is 13.2 Å². The van der Waals surface area contributed by atoms with Gasteiger partial charge in [0, 0.05) is 5.97 Å². The SMILES string of the molecule is CC(=O)[O-].COc1ccc(C[P+](c2ccc(C)cc2)(c2ccc(C)cc2)c2ccc(C)cc2)cc1. The van der Waals surface area contributed by atoms with Crippen molar-refractivity contribution in [1.82, 2.24) is 0 Å². The van der Waals surface area contributed by atoms with Crippen LogP contribution in [-0.4, -0.2) is 13.1 Å². The van der Waals surface area contributed by atoms with Gasteiger partial charge >= 0.3 is 0 Å². The molecule has 0 atom stereocenters. The van der Waals surface area contributed by atoms with E-state index in [9.17, 15) is 0 Å². The fraction of sp³-hybridized carbons (Fsp3) is 0.194. The van der Waals surface area contributed by atoms with Gasteiger partial charge in [-0.05, 0) is 81.8 Å². The maximum atomic E-state index is 8.89. The first-order valence-electron chi connectivity index (χ1n) is 11.6. The molecule has 0 aliphatic carbocycles. The zero-order valence-electron chi connectivity index (χ0n) is 21.1. The third kappa shape index (κ3) is 6.59. The standard InChI is InChI=1S/C29H30OP.C2H4O2/c1-22-5-15-27(16-6-22)31(28-17-7-23(2)8-18-28,29-19-9-24(3)10-20-29)21-25-11-13-26(30-4)14-12-25;1-2(3)4/h5-20H,21H2,1-4H3;1H3,(H,3,4)/q+1;/p-1. The van der Waals surface area contributed by atoms with Gasteiger partial charge in [-0.15, -0.1) is 0 Å². The smallest absolute Gasteiger partial charge is 0.118 e. The predicted molar refractivity (Wildman–Crippen MR) is 147 cm³/mol. The Hall–Kier alpha value is -3.42. The maximum absolute atomic E-state index is 8.89. The molecule has 0 amide bonds. The molecule has 0 bridgehead atoms. The zero-order chi connectivity index (χ0) is 25.4. The summed E-state index contributed by atoms with van der Waals surface area (Å²) in [6.45, 7) is 7.45. The quantitative estimate of drug-likeness (QED) is 0.367. The fourth-order valence-corrected chi connectivity index (χ4v) is 8.30. The molecular weight excluding hydrogens is 451 g/mol. The average Bonchev–Trinajstić information content (AvgIpc) is 2.84. The summed E-state index contributed by atoms with van der Waals surface area (Å²) in [4.78, 5) is 8.89. The Labute approximate surface area is 209 Å². The number of rotatable bonds is 6. The molecule has 4 aromatic rings. The number of carboxylic acid groups (broad SMARTS) is 1. The molecule has 0 saturated carbocycles. The number of carbonyl (C=O) groups is 1. The molecule has 4 heteroatoms. The van der Waals surface area contributed by atoms with Crippen LogP contribution in [-0.2, 0) is 11.0 Å². The van der Waals surface area contributed by atoms with Crippen LogP contribution in [0.2, 0.25) is 0 Å². The summed E-state index contributed by atoms with van der Waals surface area (Å²) in [7, 11) is -0.180. The highest BCUT2D eigenvalue weighted by Gasteiger charge is 2.45. The van der Waals surface area contributed by atoms with E-state index in [0.717, 1.165) is 18.8 Å². The highest BCUT2D eigenvalue weighted by Crippen LogP contribution is 2.58. The zero-order valence-corrected chi connectivity index (χ0v) is 22.0. The molecule has 0 aromatic heterocycles. The van der Waals surface area contributed by atoms with E-state index in [4.69, 9.17) is 14.6 Å². The molecule has 0 fully saturated rings. The lowest BCUT2D eigenvalue weighted by atomic mass is 10.2. The van der Waals surface area contributed by atoms with Gasteiger partial charge in [0.2, 0.25) is 0 Å². The Morgan fingerprint density at radius 1 is 0.657 bits per heavy atom. The van der Waals surface area contributed by atoms with Crippen molar-refractivity contribution >= 4 is 29.1 Å². The maximum Gasteiger partial charge on any atom is 0.118 e. The number of methoxy groups -OCH3 is 1. The molecule has 3 nitrogen and oxygen atoms in total. The largest absolute Gasteiger partial charge is 0.550 e. The number of hydrogen-bond acceptors (Lipinski definition) is 3. The van der Waals surface area contributed by atoms with Crippen LogP contribution in [0.4, 0.5) is 0 Å². The van der Waals surface area contributed by atoms with Crippen LogP contribution < -0.4 is 25.8 Å². The van der Waals surface area contributed by atoms with Gasteiger partial charge < -0.3 is 14.6 Å². The lowest BCUT2D eigenvalue weighted by molar-refractivity contribution is -0.302. The highest BCUT2D eigenvalue weighted by molar-refractivity contribution is 7.95. The molecule has 0 spiro atoms. The van der Waals surface area contributed by atoms with E-state index in [1.165, 1.54) is 38.2 Å². The number of ether oxygens (including phenoxy) is 1. The first-order chi connectivity index (χ1) is 16.7. The summed E-state index contributed by atoms with van der Waals surface area (Å²) in [6.07, 6.45) is 0.978. The molecule has 0 N–H and O–H groups in total. The molecule has 0 saturated heterocycles. The lowest BCUT2D eigenvalue weighted by Gasteiger charge is -2.28. The lowest BCUT2D eigenvalue weighted by Crippen LogP contribution is -2.32. The van der Waals surface area contributed by atoms with Crippen molar-refractivity contribution in [3.05, 3.63) is 119 Å². The minimum Gasteiger partial charge on any atom is -0.550 e. The van der Waals surface area contributed by atoms with Gasteiger partial charge in [-0.25, -0.2) is 0 Å². The third-order valence-electron chi connectivity index (χ3n) is 6.00. The molecule has 35 heavy (non-hydrogen) atoms. The van der Waals surface area contributed by atoms with Crippen molar-refractivity contribution < 1.29 is 14.6 Å². The Morgan fingerprint density at radius 3 is 1.26 bits per heavy atom. The van der Waals surface area contributed by atoms with Crippen molar-refractivity contribution in [2.75, 3.05) is 7.11 Å². The van der Waals surface area contributed by atoms with Crippen LogP contribution in [0.3, 0.4) is 0 Å². The Balaban J connectivity index is 0.000000795. The van der Waals surface area contributed by atoms with E-state index in [1.807, 2.05) is 0 Å². The number of hydrogen-bond donors (Lipinski definition) is 0. The van der Waals surface area contributed by atoms with Crippen molar-refractivity contribution in [3.8, 4) is 5.75 Å². The summed E-state index contributed by atoms with van der Waals surface area (Å²) in [6, 6.07) is 36.1. The summed E-state index contributed by atoms with van der Waals surface area (Å²) in [5.41, 5.74) is 5.20. The average molecular weight is 485 g/mol. The van der Waals surface area contributed by atoms with Crippen LogP contribution in [0.25, 0.3) is 0 Å². The molecule has 4 rings (SSSR count). The summed E-state index contributed by atoms with van der Waals surface area (Å²) in [5.74, 6) is -0.186. The third-order valence-corrected chi connectivity index (χ3v) is 10.4. The van der Waals surface area contributed by atoms with Gasteiger partial charge in [0.05, 0.1) is 13.3 Å². The van der Waals surface area contributed by atoms with Gasteiger partial charge in [-0.2, -0.15) is 0 Å². The van der Waals surface area contributed by atoms with Gasteiger partial charge in [0.1, 0.15) is 28.9 Å². The van der Waals surface area contributed by atoms with Crippen LogP contribution in [0.5, 0.6) is 5.75 Å². The second-order valence-corrected chi connectivity index (χ2v) is 12.3.